The fourth-order valence-electron chi connectivity index (χ4n) is 0.878. The van der Waals surface area contributed by atoms with Crippen LogP contribution in [0.15, 0.2) is 42.5 Å². The van der Waals surface area contributed by atoms with Crippen molar-refractivity contribution < 1.29 is 14.3 Å². The zero-order valence-electron chi connectivity index (χ0n) is 7.35. The minimum Gasteiger partial charge on any atom is -0.478 e. The molecule has 0 radical (unpaired) electrons. The quantitative estimate of drug-likeness (QED) is 0.590. The van der Waals surface area contributed by atoms with Crippen LogP contribution in [0.4, 0.5) is 4.39 Å². The maximum atomic E-state index is 12.5. The maximum Gasteiger partial charge on any atom is 0.328 e. The van der Waals surface area contributed by atoms with Gasteiger partial charge in [0.05, 0.1) is 0 Å². The molecule has 72 valence electrons. The van der Waals surface area contributed by atoms with E-state index < -0.39 is 5.97 Å². The number of benzene rings is 1. The van der Waals surface area contributed by atoms with Gasteiger partial charge in [-0.15, -0.1) is 0 Å². The van der Waals surface area contributed by atoms with Gasteiger partial charge < -0.3 is 5.11 Å². The molecule has 0 aliphatic heterocycles. The van der Waals surface area contributed by atoms with Crippen molar-refractivity contribution in [2.45, 2.75) is 0 Å². The SMILES string of the molecule is O=C(O)/C=C/C=C/c1ccc(F)cc1. The van der Waals surface area contributed by atoms with Crippen molar-refractivity contribution in [3.8, 4) is 0 Å². The first-order chi connectivity index (χ1) is 6.68. The molecule has 3 heteroatoms. The van der Waals surface area contributed by atoms with E-state index in [1.54, 1.807) is 24.3 Å². The molecule has 14 heavy (non-hydrogen) atoms. The summed E-state index contributed by atoms with van der Waals surface area (Å²) in [6.07, 6.45) is 5.71. The van der Waals surface area contributed by atoms with Crippen molar-refractivity contribution in [3.63, 3.8) is 0 Å². The fraction of sp³-hybridized carbons (Fsp3) is 0. The van der Waals surface area contributed by atoms with E-state index in [4.69, 9.17) is 5.11 Å². The molecule has 0 unspecified atom stereocenters. The van der Waals surface area contributed by atoms with Crippen LogP contribution in [0.25, 0.3) is 6.08 Å². The normalized spacial score (nSPS) is 11.2. The summed E-state index contributed by atoms with van der Waals surface area (Å²) in [5.41, 5.74) is 0.821. The Labute approximate surface area is 81.0 Å². The summed E-state index contributed by atoms with van der Waals surface area (Å²) >= 11 is 0. The van der Waals surface area contributed by atoms with Crippen LogP contribution >= 0.6 is 0 Å². The molecule has 0 atom stereocenters. The van der Waals surface area contributed by atoms with Crippen LogP contribution in [0.3, 0.4) is 0 Å². The van der Waals surface area contributed by atoms with Crippen LogP contribution in [0.2, 0.25) is 0 Å². The highest BCUT2D eigenvalue weighted by Gasteiger charge is 1.87. The molecular formula is C11H9FO2. The highest BCUT2D eigenvalue weighted by atomic mass is 19.1. The number of rotatable bonds is 3. The van der Waals surface area contributed by atoms with E-state index in [1.807, 2.05) is 0 Å². The Hall–Kier alpha value is -1.90. The lowest BCUT2D eigenvalue weighted by Crippen LogP contribution is -1.84. The maximum absolute atomic E-state index is 12.5. The van der Waals surface area contributed by atoms with Crippen molar-refractivity contribution in [1.29, 1.82) is 0 Å². The molecule has 0 spiro atoms. The number of aliphatic carboxylic acids is 1. The van der Waals surface area contributed by atoms with Crippen LogP contribution in [0.5, 0.6) is 0 Å². The predicted molar refractivity (Wildman–Crippen MR) is 52.2 cm³/mol. The van der Waals surface area contributed by atoms with E-state index >= 15 is 0 Å². The Kier molecular flexibility index (Phi) is 3.61. The molecular weight excluding hydrogens is 183 g/mol. The van der Waals surface area contributed by atoms with Crippen LogP contribution in [-0.2, 0) is 4.79 Å². The Bertz CT molecular complexity index is 363. The summed E-state index contributed by atoms with van der Waals surface area (Å²) in [5, 5.41) is 8.28. The third kappa shape index (κ3) is 3.67. The molecule has 0 saturated heterocycles. The van der Waals surface area contributed by atoms with Crippen molar-refractivity contribution >= 4 is 12.0 Å². The van der Waals surface area contributed by atoms with Gasteiger partial charge in [0.2, 0.25) is 0 Å². The zero-order valence-corrected chi connectivity index (χ0v) is 7.35. The van der Waals surface area contributed by atoms with Gasteiger partial charge in [0, 0.05) is 6.08 Å². The van der Waals surface area contributed by atoms with Crippen molar-refractivity contribution in [3.05, 3.63) is 53.9 Å². The topological polar surface area (TPSA) is 37.3 Å². The number of halogens is 1. The van der Waals surface area contributed by atoms with Gasteiger partial charge in [-0.25, -0.2) is 9.18 Å². The molecule has 0 aromatic heterocycles. The molecule has 0 amide bonds. The lowest BCUT2D eigenvalue weighted by atomic mass is 10.2. The molecule has 0 aliphatic rings. The van der Waals surface area contributed by atoms with Gasteiger partial charge in [0.15, 0.2) is 0 Å². The summed E-state index contributed by atoms with van der Waals surface area (Å²) in [4.78, 5) is 10.1. The van der Waals surface area contributed by atoms with Gasteiger partial charge in [-0.2, -0.15) is 0 Å². The standard InChI is InChI=1S/C11H9FO2/c12-10-7-5-9(6-8-10)3-1-2-4-11(13)14/h1-8H,(H,13,14)/b3-1+,4-2+. The van der Waals surface area contributed by atoms with E-state index in [9.17, 15) is 9.18 Å². The number of carboxylic acids is 1. The summed E-state index contributed by atoms with van der Waals surface area (Å²) in [6.45, 7) is 0. The van der Waals surface area contributed by atoms with Crippen LogP contribution in [0, 0.1) is 5.82 Å². The van der Waals surface area contributed by atoms with Crippen molar-refractivity contribution in [1.82, 2.24) is 0 Å². The van der Waals surface area contributed by atoms with E-state index in [0.29, 0.717) is 0 Å². The van der Waals surface area contributed by atoms with Gasteiger partial charge in [0.25, 0.3) is 0 Å². The monoisotopic (exact) mass is 192 g/mol. The average molecular weight is 192 g/mol. The molecule has 1 rings (SSSR count). The number of hydrogen-bond donors (Lipinski definition) is 1. The van der Waals surface area contributed by atoms with Gasteiger partial charge in [0.1, 0.15) is 5.82 Å². The van der Waals surface area contributed by atoms with E-state index in [-0.39, 0.29) is 5.82 Å². The lowest BCUT2D eigenvalue weighted by Gasteiger charge is -1.90. The second-order valence-electron chi connectivity index (χ2n) is 2.61. The van der Waals surface area contributed by atoms with Gasteiger partial charge in [-0.05, 0) is 17.7 Å². The van der Waals surface area contributed by atoms with Crippen molar-refractivity contribution in [2.24, 2.45) is 0 Å². The Morgan fingerprint density at radius 1 is 1.21 bits per heavy atom. The van der Waals surface area contributed by atoms with E-state index in [0.717, 1.165) is 11.6 Å². The molecule has 0 aliphatic carbocycles. The predicted octanol–water partition coefficient (Wildman–Crippen LogP) is 2.48. The van der Waals surface area contributed by atoms with E-state index in [2.05, 4.69) is 0 Å². The highest BCUT2D eigenvalue weighted by molar-refractivity contribution is 5.80. The Morgan fingerprint density at radius 2 is 1.86 bits per heavy atom. The first-order valence-electron chi connectivity index (χ1n) is 4.02. The molecule has 0 saturated carbocycles. The van der Waals surface area contributed by atoms with Crippen molar-refractivity contribution in [2.75, 3.05) is 0 Å². The largest absolute Gasteiger partial charge is 0.478 e. The highest BCUT2D eigenvalue weighted by Crippen LogP contribution is 2.04. The van der Waals surface area contributed by atoms with E-state index in [1.165, 1.54) is 18.2 Å². The zero-order chi connectivity index (χ0) is 10.4. The summed E-state index contributed by atoms with van der Waals surface area (Å²) in [5.74, 6) is -1.28. The molecule has 0 bridgehead atoms. The first kappa shape index (κ1) is 10.2. The number of carboxylic acid groups (broad SMARTS) is 1. The third-order valence-corrected chi connectivity index (χ3v) is 1.51. The fourth-order valence-corrected chi connectivity index (χ4v) is 0.878. The van der Waals surface area contributed by atoms with Crippen LogP contribution in [0.1, 0.15) is 5.56 Å². The third-order valence-electron chi connectivity index (χ3n) is 1.51. The van der Waals surface area contributed by atoms with Crippen LogP contribution in [-0.4, -0.2) is 11.1 Å². The molecule has 2 nitrogen and oxygen atoms in total. The van der Waals surface area contributed by atoms with Gasteiger partial charge in [-0.1, -0.05) is 30.4 Å². The Balaban J connectivity index is 2.60. The average Bonchev–Trinajstić information content (AvgIpc) is 2.15. The second-order valence-corrected chi connectivity index (χ2v) is 2.61. The molecule has 0 fully saturated rings. The molecule has 1 N–H and O–H groups in total. The smallest absolute Gasteiger partial charge is 0.328 e. The summed E-state index contributed by atoms with van der Waals surface area (Å²) < 4.78 is 12.5. The first-order valence-corrected chi connectivity index (χ1v) is 4.02. The van der Waals surface area contributed by atoms with Gasteiger partial charge in [-0.3, -0.25) is 0 Å². The summed E-state index contributed by atoms with van der Waals surface area (Å²) in [7, 11) is 0. The number of carbonyl (C=O) groups is 1. The van der Waals surface area contributed by atoms with Crippen LogP contribution < -0.4 is 0 Å². The summed E-state index contributed by atoms with van der Waals surface area (Å²) in [6, 6.07) is 5.92. The second kappa shape index (κ2) is 4.97. The molecule has 1 aromatic rings. The minimum atomic E-state index is -0.992. The molecule has 1 aromatic carbocycles. The number of hydrogen-bond acceptors (Lipinski definition) is 1. The molecule has 0 heterocycles. The Morgan fingerprint density at radius 3 is 2.43 bits per heavy atom. The lowest BCUT2D eigenvalue weighted by molar-refractivity contribution is -0.131. The van der Waals surface area contributed by atoms with Gasteiger partial charge >= 0.3 is 5.97 Å². The number of allylic oxidation sites excluding steroid dienone is 2. The minimum absolute atomic E-state index is 0.289.